The van der Waals surface area contributed by atoms with Gasteiger partial charge in [-0.2, -0.15) is 5.26 Å². The van der Waals surface area contributed by atoms with Crippen molar-refractivity contribution in [2.75, 3.05) is 7.05 Å². The van der Waals surface area contributed by atoms with Crippen LogP contribution >= 0.6 is 0 Å². The molecule has 2 heterocycles. The van der Waals surface area contributed by atoms with Crippen molar-refractivity contribution in [2.24, 2.45) is 0 Å². The molecule has 0 amide bonds. The number of rotatable bonds is 3. The molecule has 2 aromatic rings. The summed E-state index contributed by atoms with van der Waals surface area (Å²) in [6.45, 7) is 0.708. The summed E-state index contributed by atoms with van der Waals surface area (Å²) in [5, 5.41) is 12.5. The molecule has 0 saturated carbocycles. The van der Waals surface area contributed by atoms with Crippen molar-refractivity contribution in [1.82, 2.24) is 14.9 Å². The Morgan fingerprint density at radius 2 is 2.40 bits per heavy atom. The molecular formula is C16H18N4. The number of nitrogens with zero attached hydrogens (tertiary/aromatic N) is 3. The molecular weight excluding hydrogens is 248 g/mol. The molecule has 1 atom stereocenters. The average molecular weight is 266 g/mol. The highest BCUT2D eigenvalue weighted by molar-refractivity contribution is 5.34. The largest absolute Gasteiger partial charge is 0.349 e. The zero-order valence-electron chi connectivity index (χ0n) is 11.6. The smallest absolute Gasteiger partial charge is 0.145 e. The lowest BCUT2D eigenvalue weighted by molar-refractivity contribution is 0.498. The summed E-state index contributed by atoms with van der Waals surface area (Å²) in [4.78, 5) is 4.12. The highest BCUT2D eigenvalue weighted by Crippen LogP contribution is 2.30. The maximum atomic E-state index is 9.11. The van der Waals surface area contributed by atoms with Crippen LogP contribution in [-0.4, -0.2) is 16.6 Å². The number of aromatic nitrogens is 2. The van der Waals surface area contributed by atoms with Crippen molar-refractivity contribution in [3.05, 3.63) is 53.1 Å². The summed E-state index contributed by atoms with van der Waals surface area (Å²) >= 11 is 0. The van der Waals surface area contributed by atoms with E-state index in [1.165, 1.54) is 24.0 Å². The van der Waals surface area contributed by atoms with Crippen molar-refractivity contribution in [2.45, 2.75) is 31.8 Å². The Bertz CT molecular complexity index is 651. The second-order valence-electron chi connectivity index (χ2n) is 5.27. The van der Waals surface area contributed by atoms with Crippen molar-refractivity contribution in [3.8, 4) is 6.07 Å². The molecule has 0 saturated heterocycles. The number of fused-ring (bicyclic) bond motifs is 1. The van der Waals surface area contributed by atoms with Crippen molar-refractivity contribution in [3.63, 3.8) is 0 Å². The van der Waals surface area contributed by atoms with Gasteiger partial charge in [-0.05, 0) is 43.5 Å². The SMILES string of the molecule is CNC1CCCc2cn(Cc3cccnc3C#N)cc21. The van der Waals surface area contributed by atoms with Crippen LogP contribution in [0.1, 0.15) is 41.3 Å². The second-order valence-corrected chi connectivity index (χ2v) is 5.27. The number of pyridine rings is 1. The van der Waals surface area contributed by atoms with Crippen LogP contribution in [0.15, 0.2) is 30.7 Å². The summed E-state index contributed by atoms with van der Waals surface area (Å²) in [7, 11) is 2.02. The highest BCUT2D eigenvalue weighted by Gasteiger charge is 2.20. The summed E-state index contributed by atoms with van der Waals surface area (Å²) < 4.78 is 2.18. The number of hydrogen-bond acceptors (Lipinski definition) is 3. The molecule has 1 N–H and O–H groups in total. The monoisotopic (exact) mass is 266 g/mol. The van der Waals surface area contributed by atoms with Crippen molar-refractivity contribution < 1.29 is 0 Å². The van der Waals surface area contributed by atoms with Crippen LogP contribution in [-0.2, 0) is 13.0 Å². The zero-order chi connectivity index (χ0) is 13.9. The lowest BCUT2D eigenvalue weighted by Gasteiger charge is -2.21. The van der Waals surface area contributed by atoms with Gasteiger partial charge in [-0.1, -0.05) is 6.07 Å². The first-order valence-electron chi connectivity index (χ1n) is 7.01. The van der Waals surface area contributed by atoms with Gasteiger partial charge >= 0.3 is 0 Å². The maximum absolute atomic E-state index is 9.11. The quantitative estimate of drug-likeness (QED) is 0.928. The number of aryl methyl sites for hydroxylation is 1. The topological polar surface area (TPSA) is 53.6 Å². The summed E-state index contributed by atoms with van der Waals surface area (Å²) in [5.74, 6) is 0. The minimum atomic E-state index is 0.462. The standard InChI is InChI=1S/C16H18N4/c1-18-15-6-2-4-12-9-20(11-14(12)15)10-13-5-3-7-19-16(13)8-17/h3,5,7,9,11,15,18H,2,4,6,10H2,1H3. The molecule has 3 rings (SSSR count). The van der Waals surface area contributed by atoms with Gasteiger partial charge in [0.15, 0.2) is 0 Å². The first kappa shape index (κ1) is 12.9. The van der Waals surface area contributed by atoms with E-state index >= 15 is 0 Å². The number of nitrogens with one attached hydrogen (secondary N) is 1. The van der Waals surface area contributed by atoms with Crippen LogP contribution in [0, 0.1) is 11.3 Å². The van der Waals surface area contributed by atoms with Crippen LogP contribution in [0.3, 0.4) is 0 Å². The molecule has 0 spiro atoms. The molecule has 2 aromatic heterocycles. The molecule has 4 nitrogen and oxygen atoms in total. The fraction of sp³-hybridized carbons (Fsp3) is 0.375. The average Bonchev–Trinajstić information content (AvgIpc) is 2.90. The van der Waals surface area contributed by atoms with E-state index in [1.807, 2.05) is 19.2 Å². The van der Waals surface area contributed by atoms with Gasteiger partial charge in [0.1, 0.15) is 11.8 Å². The van der Waals surface area contributed by atoms with Gasteiger partial charge < -0.3 is 9.88 Å². The van der Waals surface area contributed by atoms with Gasteiger partial charge in [0.25, 0.3) is 0 Å². The maximum Gasteiger partial charge on any atom is 0.145 e. The third-order valence-electron chi connectivity index (χ3n) is 4.01. The van der Waals surface area contributed by atoms with Gasteiger partial charge in [0.2, 0.25) is 0 Å². The number of hydrogen-bond donors (Lipinski definition) is 1. The Labute approximate surface area is 119 Å². The van der Waals surface area contributed by atoms with Gasteiger partial charge in [-0.25, -0.2) is 4.98 Å². The summed E-state index contributed by atoms with van der Waals surface area (Å²) in [6, 6.07) is 6.48. The first-order valence-corrected chi connectivity index (χ1v) is 7.01. The van der Waals surface area contributed by atoms with Crippen LogP contribution < -0.4 is 5.32 Å². The van der Waals surface area contributed by atoms with E-state index in [1.54, 1.807) is 6.20 Å². The molecule has 0 aliphatic heterocycles. The van der Waals surface area contributed by atoms with Crippen molar-refractivity contribution >= 4 is 0 Å². The van der Waals surface area contributed by atoms with Crippen LogP contribution in [0.5, 0.6) is 0 Å². The van der Waals surface area contributed by atoms with Gasteiger partial charge in [0, 0.05) is 36.7 Å². The minimum absolute atomic E-state index is 0.462. The van der Waals surface area contributed by atoms with Gasteiger partial charge in [-0.3, -0.25) is 0 Å². The zero-order valence-corrected chi connectivity index (χ0v) is 11.6. The van der Waals surface area contributed by atoms with E-state index in [2.05, 4.69) is 33.3 Å². The molecule has 0 radical (unpaired) electrons. The van der Waals surface area contributed by atoms with Crippen molar-refractivity contribution in [1.29, 1.82) is 5.26 Å². The second kappa shape index (κ2) is 5.48. The molecule has 0 aromatic carbocycles. The first-order chi connectivity index (χ1) is 9.81. The summed E-state index contributed by atoms with van der Waals surface area (Å²) in [6.07, 6.45) is 9.68. The van der Waals surface area contributed by atoms with Crippen LogP contribution in [0.2, 0.25) is 0 Å². The number of nitriles is 1. The van der Waals surface area contributed by atoms with E-state index < -0.39 is 0 Å². The third-order valence-corrected chi connectivity index (χ3v) is 4.01. The lowest BCUT2D eigenvalue weighted by atomic mass is 9.91. The van der Waals surface area contributed by atoms with Gasteiger partial charge in [-0.15, -0.1) is 0 Å². The molecule has 1 aliphatic carbocycles. The molecule has 102 valence electrons. The fourth-order valence-corrected chi connectivity index (χ4v) is 3.00. The van der Waals surface area contributed by atoms with E-state index in [4.69, 9.17) is 5.26 Å². The highest BCUT2D eigenvalue weighted by atomic mass is 15.0. The van der Waals surface area contributed by atoms with Crippen LogP contribution in [0.4, 0.5) is 0 Å². The van der Waals surface area contributed by atoms with Crippen LogP contribution in [0.25, 0.3) is 0 Å². The third kappa shape index (κ3) is 2.33. The van der Waals surface area contributed by atoms with E-state index in [0.717, 1.165) is 12.0 Å². The Balaban J connectivity index is 1.89. The predicted molar refractivity (Wildman–Crippen MR) is 77.2 cm³/mol. The Kier molecular flexibility index (Phi) is 3.53. The fourth-order valence-electron chi connectivity index (χ4n) is 3.00. The molecule has 0 bridgehead atoms. The van der Waals surface area contributed by atoms with E-state index in [0.29, 0.717) is 18.3 Å². The molecule has 4 heteroatoms. The molecule has 0 fully saturated rings. The summed E-state index contributed by atoms with van der Waals surface area (Å²) in [5.41, 5.74) is 4.33. The molecule has 1 unspecified atom stereocenters. The lowest BCUT2D eigenvalue weighted by Crippen LogP contribution is -2.20. The van der Waals surface area contributed by atoms with Gasteiger partial charge in [0.05, 0.1) is 0 Å². The Morgan fingerprint density at radius 3 is 3.20 bits per heavy atom. The minimum Gasteiger partial charge on any atom is -0.349 e. The van der Waals surface area contributed by atoms with E-state index in [9.17, 15) is 0 Å². The van der Waals surface area contributed by atoms with E-state index in [-0.39, 0.29) is 0 Å². The predicted octanol–water partition coefficient (Wildman–Crippen LogP) is 2.40. The Hall–Kier alpha value is -2.12. The molecule has 1 aliphatic rings. The normalized spacial score (nSPS) is 17.5. The molecule has 20 heavy (non-hydrogen) atoms. The Morgan fingerprint density at radius 1 is 1.50 bits per heavy atom.